The Bertz CT molecular complexity index is 3440. The standard InChI is InChI=1S/C54H34N2O/c1-4-14-35(15-5-1)38-28-39(36-16-6-2-7-17-36)30-40(29-38)37-24-26-50-45(31-37)47-33-48-44-21-11-13-23-53(44)57-54(48)34-52(47)56(50)42-25-27-51-46(32-42)43-20-10-12-22-49(43)55(51)41-18-8-3-9-19-41/h1-34H. The first-order chi connectivity index (χ1) is 28.2. The summed E-state index contributed by atoms with van der Waals surface area (Å²) in [5, 5.41) is 7.10. The Morgan fingerprint density at radius 2 is 0.772 bits per heavy atom. The van der Waals surface area contributed by atoms with Gasteiger partial charge in [-0.05, 0) is 112 Å². The number of hydrogen-bond acceptors (Lipinski definition) is 1. The number of rotatable bonds is 5. The maximum Gasteiger partial charge on any atom is 0.137 e. The lowest BCUT2D eigenvalue weighted by Gasteiger charge is -2.12. The first-order valence-electron chi connectivity index (χ1n) is 19.5. The largest absolute Gasteiger partial charge is 0.456 e. The molecule has 9 aromatic carbocycles. The van der Waals surface area contributed by atoms with Gasteiger partial charge in [0.15, 0.2) is 0 Å². The molecule has 0 saturated carbocycles. The lowest BCUT2D eigenvalue weighted by molar-refractivity contribution is 0.669. The third-order valence-corrected chi connectivity index (χ3v) is 11.7. The normalized spacial score (nSPS) is 11.9. The molecule has 0 unspecified atom stereocenters. The van der Waals surface area contributed by atoms with Crippen LogP contribution in [0.25, 0.3) is 110 Å². The highest BCUT2D eigenvalue weighted by molar-refractivity contribution is 6.18. The zero-order valence-corrected chi connectivity index (χ0v) is 30.9. The maximum atomic E-state index is 6.51. The van der Waals surface area contributed by atoms with Gasteiger partial charge in [-0.2, -0.15) is 0 Å². The van der Waals surface area contributed by atoms with E-state index in [1.807, 2.05) is 6.07 Å². The summed E-state index contributed by atoms with van der Waals surface area (Å²) in [5.41, 5.74) is 15.9. The number of aromatic nitrogens is 2. The smallest absolute Gasteiger partial charge is 0.137 e. The van der Waals surface area contributed by atoms with Gasteiger partial charge in [-0.25, -0.2) is 0 Å². The maximum absolute atomic E-state index is 6.51. The first-order valence-corrected chi connectivity index (χ1v) is 19.5. The molecular formula is C54H34N2O. The predicted molar refractivity (Wildman–Crippen MR) is 239 cm³/mol. The highest BCUT2D eigenvalue weighted by atomic mass is 16.3. The van der Waals surface area contributed by atoms with Gasteiger partial charge in [0.2, 0.25) is 0 Å². The molecule has 0 saturated heterocycles. The Kier molecular flexibility index (Phi) is 6.93. The minimum absolute atomic E-state index is 0.887. The minimum atomic E-state index is 0.887. The Labute approximate surface area is 328 Å². The molecule has 3 aromatic heterocycles. The van der Waals surface area contributed by atoms with E-state index in [2.05, 4.69) is 209 Å². The molecule has 0 aliphatic rings. The van der Waals surface area contributed by atoms with E-state index in [1.165, 1.54) is 66.0 Å². The van der Waals surface area contributed by atoms with Crippen molar-refractivity contribution in [3.8, 4) is 44.8 Å². The summed E-state index contributed by atoms with van der Waals surface area (Å²) in [7, 11) is 0. The summed E-state index contributed by atoms with van der Waals surface area (Å²) in [6.07, 6.45) is 0. The van der Waals surface area contributed by atoms with E-state index in [0.717, 1.165) is 44.3 Å². The van der Waals surface area contributed by atoms with Gasteiger partial charge in [0.25, 0.3) is 0 Å². The summed E-state index contributed by atoms with van der Waals surface area (Å²) in [6, 6.07) is 74.6. The van der Waals surface area contributed by atoms with Crippen LogP contribution in [0.1, 0.15) is 0 Å². The molecule has 0 aliphatic carbocycles. The molecule has 0 atom stereocenters. The van der Waals surface area contributed by atoms with Crippen LogP contribution in [-0.2, 0) is 0 Å². The number of fused-ring (bicyclic) bond motifs is 9. The Hall–Kier alpha value is -7.62. The molecule has 0 spiro atoms. The predicted octanol–water partition coefficient (Wildman–Crippen LogP) is 14.8. The lowest BCUT2D eigenvalue weighted by atomic mass is 9.93. The van der Waals surface area contributed by atoms with E-state index in [1.54, 1.807) is 0 Å². The van der Waals surface area contributed by atoms with Crippen LogP contribution in [0, 0.1) is 0 Å². The van der Waals surface area contributed by atoms with Crippen molar-refractivity contribution in [3.05, 3.63) is 206 Å². The van der Waals surface area contributed by atoms with Crippen LogP contribution in [0.5, 0.6) is 0 Å². The van der Waals surface area contributed by atoms with Gasteiger partial charge in [0.1, 0.15) is 11.2 Å². The number of benzene rings is 9. The molecule has 0 N–H and O–H groups in total. The molecule has 12 rings (SSSR count). The second kappa shape index (κ2) is 12.5. The van der Waals surface area contributed by atoms with Gasteiger partial charge in [-0.3, -0.25) is 0 Å². The second-order valence-electron chi connectivity index (χ2n) is 15.0. The Morgan fingerprint density at radius 3 is 1.49 bits per heavy atom. The Balaban J connectivity index is 1.13. The highest BCUT2D eigenvalue weighted by Gasteiger charge is 2.20. The quantitative estimate of drug-likeness (QED) is 0.173. The Morgan fingerprint density at radius 1 is 0.246 bits per heavy atom. The molecule has 0 aliphatic heterocycles. The number of furan rings is 1. The van der Waals surface area contributed by atoms with Crippen molar-refractivity contribution in [2.24, 2.45) is 0 Å². The van der Waals surface area contributed by atoms with E-state index in [4.69, 9.17) is 4.42 Å². The van der Waals surface area contributed by atoms with Gasteiger partial charge in [0, 0.05) is 49.8 Å². The fourth-order valence-corrected chi connectivity index (χ4v) is 9.04. The number of nitrogens with zero attached hydrogens (tertiary/aromatic N) is 2. The summed E-state index contributed by atoms with van der Waals surface area (Å²) >= 11 is 0. The van der Waals surface area contributed by atoms with Gasteiger partial charge in [-0.15, -0.1) is 0 Å². The van der Waals surface area contributed by atoms with Crippen LogP contribution < -0.4 is 0 Å². The molecule has 3 nitrogen and oxygen atoms in total. The number of hydrogen-bond donors (Lipinski definition) is 0. The van der Waals surface area contributed by atoms with E-state index >= 15 is 0 Å². The zero-order valence-electron chi connectivity index (χ0n) is 30.9. The van der Waals surface area contributed by atoms with Crippen molar-refractivity contribution in [3.63, 3.8) is 0 Å². The van der Waals surface area contributed by atoms with Crippen molar-refractivity contribution in [2.45, 2.75) is 0 Å². The van der Waals surface area contributed by atoms with E-state index in [0.29, 0.717) is 0 Å². The summed E-state index contributed by atoms with van der Waals surface area (Å²) in [4.78, 5) is 0. The first kappa shape index (κ1) is 31.7. The van der Waals surface area contributed by atoms with Gasteiger partial charge >= 0.3 is 0 Å². The van der Waals surface area contributed by atoms with Crippen molar-refractivity contribution < 1.29 is 4.42 Å². The van der Waals surface area contributed by atoms with Crippen molar-refractivity contribution in [1.82, 2.24) is 9.13 Å². The average Bonchev–Trinajstić information content (AvgIpc) is 3.93. The van der Waals surface area contributed by atoms with Gasteiger partial charge < -0.3 is 13.6 Å². The second-order valence-corrected chi connectivity index (χ2v) is 15.0. The highest BCUT2D eigenvalue weighted by Crippen LogP contribution is 2.42. The van der Waals surface area contributed by atoms with E-state index < -0.39 is 0 Å². The minimum Gasteiger partial charge on any atom is -0.456 e. The molecule has 3 heterocycles. The monoisotopic (exact) mass is 726 g/mol. The molecule has 57 heavy (non-hydrogen) atoms. The van der Waals surface area contributed by atoms with Crippen molar-refractivity contribution in [2.75, 3.05) is 0 Å². The van der Waals surface area contributed by atoms with Crippen molar-refractivity contribution in [1.29, 1.82) is 0 Å². The molecule has 266 valence electrons. The summed E-state index contributed by atoms with van der Waals surface area (Å²) < 4.78 is 11.3. The van der Waals surface area contributed by atoms with Crippen LogP contribution in [0.3, 0.4) is 0 Å². The SMILES string of the molecule is c1ccc(-c2cc(-c3ccccc3)cc(-c3ccc4c(c3)c3cc5c(cc3n4-c3ccc4c(c3)c3ccccc3n4-c3ccccc3)oc3ccccc35)c2)cc1. The summed E-state index contributed by atoms with van der Waals surface area (Å²) in [5.74, 6) is 0. The van der Waals surface area contributed by atoms with Crippen LogP contribution in [0.15, 0.2) is 211 Å². The van der Waals surface area contributed by atoms with E-state index in [-0.39, 0.29) is 0 Å². The molecule has 3 heteroatoms. The third kappa shape index (κ3) is 4.99. The van der Waals surface area contributed by atoms with Gasteiger partial charge in [0.05, 0.1) is 22.1 Å². The number of para-hydroxylation sites is 3. The molecule has 0 radical (unpaired) electrons. The molecule has 0 bridgehead atoms. The average molecular weight is 727 g/mol. The van der Waals surface area contributed by atoms with Crippen LogP contribution in [0.2, 0.25) is 0 Å². The fraction of sp³-hybridized carbons (Fsp3) is 0. The van der Waals surface area contributed by atoms with Crippen LogP contribution in [-0.4, -0.2) is 9.13 Å². The van der Waals surface area contributed by atoms with Crippen LogP contribution in [0.4, 0.5) is 0 Å². The molecular weight excluding hydrogens is 693 g/mol. The molecule has 0 amide bonds. The zero-order chi connectivity index (χ0) is 37.5. The van der Waals surface area contributed by atoms with Gasteiger partial charge in [-0.1, -0.05) is 121 Å². The van der Waals surface area contributed by atoms with E-state index in [9.17, 15) is 0 Å². The lowest BCUT2D eigenvalue weighted by Crippen LogP contribution is -1.95. The topological polar surface area (TPSA) is 23.0 Å². The van der Waals surface area contributed by atoms with Crippen LogP contribution >= 0.6 is 0 Å². The molecule has 12 aromatic rings. The summed E-state index contributed by atoms with van der Waals surface area (Å²) in [6.45, 7) is 0. The van der Waals surface area contributed by atoms with Crippen molar-refractivity contribution >= 4 is 65.6 Å². The third-order valence-electron chi connectivity index (χ3n) is 11.7. The fourth-order valence-electron chi connectivity index (χ4n) is 9.04. The molecule has 0 fully saturated rings.